The van der Waals surface area contributed by atoms with E-state index in [4.69, 9.17) is 14.5 Å². The SMILES string of the molecule is CC(C)C1[C@@H](C(O)C(O)P(=O)(O)O)O[CH-][C@H]1O.[U]. The van der Waals surface area contributed by atoms with Gasteiger partial charge in [-0.3, -0.25) is 4.57 Å². The van der Waals surface area contributed by atoms with E-state index < -0.39 is 37.7 Å². The van der Waals surface area contributed by atoms with Crippen molar-refractivity contribution in [2.24, 2.45) is 11.8 Å². The second kappa shape index (κ2) is 7.17. The average Bonchev–Trinajstić information content (AvgIpc) is 2.56. The van der Waals surface area contributed by atoms with Crippen molar-refractivity contribution in [3.63, 3.8) is 0 Å². The van der Waals surface area contributed by atoms with Crippen molar-refractivity contribution in [2.45, 2.75) is 38.0 Å². The maximum Gasteiger partial charge on any atom is 0.356 e. The minimum absolute atomic E-state index is 0. The minimum Gasteiger partial charge on any atom is -0.545 e. The summed E-state index contributed by atoms with van der Waals surface area (Å²) < 4.78 is 15.8. The molecule has 0 aromatic carbocycles. The first kappa shape index (κ1) is 19.0. The third-order valence-electron chi connectivity index (χ3n) is 2.91. The van der Waals surface area contributed by atoms with Crippen LogP contribution in [0, 0.1) is 49.6 Å². The normalized spacial score (nSPS) is 32.1. The Balaban J connectivity index is 0.00000289. The molecule has 1 aliphatic rings. The van der Waals surface area contributed by atoms with E-state index in [2.05, 4.69) is 0 Å². The maximum absolute atomic E-state index is 10.8. The first-order valence-electron chi connectivity index (χ1n) is 5.24. The molecule has 3 unspecified atom stereocenters. The zero-order valence-corrected chi connectivity index (χ0v) is 15.1. The Morgan fingerprint density at radius 2 is 1.78 bits per heavy atom. The summed E-state index contributed by atoms with van der Waals surface area (Å²) in [6, 6.07) is 0. The van der Waals surface area contributed by atoms with Crippen LogP contribution in [-0.2, 0) is 9.30 Å². The first-order valence-corrected chi connectivity index (χ1v) is 6.92. The van der Waals surface area contributed by atoms with Gasteiger partial charge in [-0.25, -0.2) is 0 Å². The van der Waals surface area contributed by atoms with E-state index in [-0.39, 0.29) is 37.0 Å². The summed E-state index contributed by atoms with van der Waals surface area (Å²) in [4.78, 5) is 17.6. The molecule has 1 heterocycles. The van der Waals surface area contributed by atoms with Gasteiger partial charge in [-0.15, -0.1) is 0 Å². The number of ether oxygens (including phenoxy) is 1. The standard InChI is InChI=1S/C9H18O7P.U/c1-4(2)6-5(10)3-16-8(6)7(11)9(12)17(13,14)15;/h3-12H,1-2H3,(H2,13,14,15);/q-1;/t5-,6?,7?,8+,9?;/m1./s1. The van der Waals surface area contributed by atoms with Gasteiger partial charge in [0.25, 0.3) is 0 Å². The fraction of sp³-hybridized carbons (Fsp3) is 0.889. The summed E-state index contributed by atoms with van der Waals surface area (Å²) in [5.74, 6) is -2.81. The molecule has 0 radical (unpaired) electrons. The molecule has 1 rings (SSSR count). The van der Waals surface area contributed by atoms with Crippen molar-refractivity contribution in [2.75, 3.05) is 0 Å². The molecule has 0 aromatic heterocycles. The summed E-state index contributed by atoms with van der Waals surface area (Å²) >= 11 is 0. The molecule has 7 nitrogen and oxygen atoms in total. The number of rotatable bonds is 4. The molecular formula is C9H18O7PU-. The molecule has 1 fully saturated rings. The van der Waals surface area contributed by atoms with E-state index in [1.54, 1.807) is 13.8 Å². The quantitative estimate of drug-likeness (QED) is 0.245. The Kier molecular flexibility index (Phi) is 7.58. The monoisotopic (exact) mass is 507 g/mol. The van der Waals surface area contributed by atoms with Gasteiger partial charge in [0.05, 0.1) is 6.10 Å². The molecule has 0 saturated carbocycles. The fourth-order valence-corrected chi connectivity index (χ4v) is 2.57. The molecule has 5 N–H and O–H groups in total. The largest absolute Gasteiger partial charge is 0.545 e. The summed E-state index contributed by atoms with van der Waals surface area (Å²) in [6.45, 7) is 4.66. The Morgan fingerprint density at radius 3 is 2.17 bits per heavy atom. The van der Waals surface area contributed by atoms with Crippen molar-refractivity contribution < 1.29 is 65.5 Å². The average molecular weight is 507 g/mol. The molecule has 106 valence electrons. The van der Waals surface area contributed by atoms with Gasteiger partial charge >= 0.3 is 7.60 Å². The van der Waals surface area contributed by atoms with Crippen LogP contribution in [0.1, 0.15) is 13.8 Å². The van der Waals surface area contributed by atoms with Crippen LogP contribution in [0.2, 0.25) is 0 Å². The van der Waals surface area contributed by atoms with Crippen molar-refractivity contribution in [3.8, 4) is 0 Å². The number of hydrogen-bond acceptors (Lipinski definition) is 5. The first-order chi connectivity index (χ1) is 7.66. The summed E-state index contributed by atoms with van der Waals surface area (Å²) in [5, 5.41) is 28.6. The molecule has 0 bridgehead atoms. The molecule has 0 aliphatic carbocycles. The summed E-state index contributed by atoms with van der Waals surface area (Å²) in [5.41, 5.74) is 0. The van der Waals surface area contributed by atoms with E-state index in [0.717, 1.165) is 6.61 Å². The number of aliphatic hydroxyl groups is 3. The van der Waals surface area contributed by atoms with E-state index in [1.165, 1.54) is 0 Å². The second-order valence-corrected chi connectivity index (χ2v) is 6.25. The Hall–Kier alpha value is 1.04. The van der Waals surface area contributed by atoms with Gasteiger partial charge < -0.3 is 29.8 Å². The summed E-state index contributed by atoms with van der Waals surface area (Å²) in [7, 11) is -4.81. The van der Waals surface area contributed by atoms with Crippen LogP contribution >= 0.6 is 7.60 Å². The van der Waals surface area contributed by atoms with Gasteiger partial charge in [-0.1, -0.05) is 13.8 Å². The van der Waals surface area contributed by atoms with Gasteiger partial charge in [0.1, 0.15) is 6.10 Å². The molecular weight excluding hydrogens is 489 g/mol. The second-order valence-electron chi connectivity index (χ2n) is 4.54. The third-order valence-corrected chi connectivity index (χ3v) is 3.90. The van der Waals surface area contributed by atoms with Crippen molar-refractivity contribution in [3.05, 3.63) is 6.61 Å². The molecule has 0 aromatic rings. The molecule has 1 saturated heterocycles. The smallest absolute Gasteiger partial charge is 0.356 e. The van der Waals surface area contributed by atoms with Gasteiger partial charge in [-0.2, -0.15) is 6.61 Å². The van der Waals surface area contributed by atoms with Crippen LogP contribution < -0.4 is 0 Å². The van der Waals surface area contributed by atoms with Gasteiger partial charge in [-0.05, 0) is 17.9 Å². The van der Waals surface area contributed by atoms with Crippen LogP contribution in [-0.4, -0.2) is 49.3 Å². The van der Waals surface area contributed by atoms with Gasteiger partial charge in [0.2, 0.25) is 0 Å². The van der Waals surface area contributed by atoms with E-state index in [0.29, 0.717) is 0 Å². The van der Waals surface area contributed by atoms with Crippen LogP contribution in [0.3, 0.4) is 0 Å². The molecule has 5 atom stereocenters. The topological polar surface area (TPSA) is 127 Å². The van der Waals surface area contributed by atoms with Crippen molar-refractivity contribution >= 4 is 7.60 Å². The van der Waals surface area contributed by atoms with Crippen LogP contribution in [0.5, 0.6) is 0 Å². The van der Waals surface area contributed by atoms with E-state index in [1.807, 2.05) is 0 Å². The molecule has 0 amide bonds. The fourth-order valence-electron chi connectivity index (χ4n) is 2.00. The van der Waals surface area contributed by atoms with Gasteiger partial charge in [0, 0.05) is 31.1 Å². The van der Waals surface area contributed by atoms with Crippen LogP contribution in [0.25, 0.3) is 0 Å². The zero-order chi connectivity index (χ0) is 13.4. The van der Waals surface area contributed by atoms with Crippen molar-refractivity contribution in [1.82, 2.24) is 0 Å². The molecule has 1 aliphatic heterocycles. The molecule has 18 heavy (non-hydrogen) atoms. The van der Waals surface area contributed by atoms with E-state index in [9.17, 15) is 19.9 Å². The van der Waals surface area contributed by atoms with Crippen molar-refractivity contribution in [1.29, 1.82) is 0 Å². The predicted molar refractivity (Wildman–Crippen MR) is 57.6 cm³/mol. The van der Waals surface area contributed by atoms with E-state index >= 15 is 0 Å². The van der Waals surface area contributed by atoms with Crippen LogP contribution in [0.4, 0.5) is 0 Å². The Morgan fingerprint density at radius 1 is 1.28 bits per heavy atom. The maximum atomic E-state index is 10.8. The number of aliphatic hydroxyl groups excluding tert-OH is 3. The van der Waals surface area contributed by atoms with Crippen LogP contribution in [0.15, 0.2) is 0 Å². The molecule has 0 spiro atoms. The Labute approximate surface area is 129 Å². The minimum atomic E-state index is -4.81. The molecule has 9 heteroatoms. The number of hydrogen-bond donors (Lipinski definition) is 5. The Bertz CT molecular complexity index is 307. The third kappa shape index (κ3) is 4.27. The predicted octanol–water partition coefficient (Wildman–Crippen LogP) is -0.963. The summed E-state index contributed by atoms with van der Waals surface area (Å²) in [6.07, 6.45) is -3.72. The van der Waals surface area contributed by atoms with Gasteiger partial charge in [0.15, 0.2) is 5.85 Å². The zero-order valence-electron chi connectivity index (χ0n) is 10.0.